The predicted molar refractivity (Wildman–Crippen MR) is 79.5 cm³/mol. The van der Waals surface area contributed by atoms with Crippen LogP contribution in [0.4, 0.5) is 0 Å². The van der Waals surface area contributed by atoms with Gasteiger partial charge in [0, 0.05) is 30.6 Å². The van der Waals surface area contributed by atoms with Crippen LogP contribution in [0.25, 0.3) is 0 Å². The molecular formula is C16H21N3O. The van der Waals surface area contributed by atoms with Crippen LogP contribution >= 0.6 is 0 Å². The number of rotatable bonds is 5. The number of benzene rings is 1. The van der Waals surface area contributed by atoms with Gasteiger partial charge in [0.05, 0.1) is 0 Å². The van der Waals surface area contributed by atoms with E-state index in [9.17, 15) is 0 Å². The van der Waals surface area contributed by atoms with Crippen LogP contribution in [0.1, 0.15) is 41.7 Å². The number of methoxy groups -OCH3 is 1. The molecule has 0 bridgehead atoms. The zero-order chi connectivity index (χ0) is 14.5. The van der Waals surface area contributed by atoms with Gasteiger partial charge < -0.3 is 10.1 Å². The summed E-state index contributed by atoms with van der Waals surface area (Å²) >= 11 is 0. The molecule has 1 aromatic carbocycles. The lowest BCUT2D eigenvalue weighted by molar-refractivity contribution is 0.129. The molecule has 1 N–H and O–H groups in total. The number of aromatic nitrogens is 2. The minimum atomic E-state index is -0.228. The minimum absolute atomic E-state index is 0.228. The van der Waals surface area contributed by atoms with Gasteiger partial charge in [-0.1, -0.05) is 30.3 Å². The monoisotopic (exact) mass is 271 g/mol. The Hall–Kier alpha value is -1.78. The Bertz CT molecular complexity index is 557. The topological polar surface area (TPSA) is 47.0 Å². The maximum atomic E-state index is 5.56. The molecule has 1 aromatic heterocycles. The number of hydrogen-bond donors (Lipinski definition) is 1. The molecule has 2 atom stereocenters. The fourth-order valence-corrected chi connectivity index (χ4v) is 2.22. The molecule has 4 nitrogen and oxygen atoms in total. The van der Waals surface area contributed by atoms with Crippen molar-refractivity contribution >= 4 is 0 Å². The third kappa shape index (κ3) is 3.03. The lowest BCUT2D eigenvalue weighted by Gasteiger charge is -2.17. The van der Waals surface area contributed by atoms with Crippen LogP contribution in [-0.4, -0.2) is 24.1 Å². The first-order valence-corrected chi connectivity index (χ1v) is 6.75. The Kier molecular flexibility index (Phi) is 4.82. The fraction of sp³-hybridized carbons (Fsp3) is 0.375. The second kappa shape index (κ2) is 6.59. The molecule has 20 heavy (non-hydrogen) atoms. The molecule has 0 amide bonds. The van der Waals surface area contributed by atoms with Crippen molar-refractivity contribution in [3.63, 3.8) is 0 Å². The number of ether oxygens (including phenoxy) is 1. The van der Waals surface area contributed by atoms with Crippen molar-refractivity contribution in [3.8, 4) is 0 Å². The van der Waals surface area contributed by atoms with E-state index in [2.05, 4.69) is 22.2 Å². The molecule has 106 valence electrons. The van der Waals surface area contributed by atoms with Crippen molar-refractivity contribution in [2.75, 3.05) is 14.2 Å². The lowest BCUT2D eigenvalue weighted by atomic mass is 10.1. The van der Waals surface area contributed by atoms with Gasteiger partial charge in [0.15, 0.2) is 5.82 Å². The molecule has 1 heterocycles. The molecule has 0 spiro atoms. The van der Waals surface area contributed by atoms with Gasteiger partial charge in [-0.05, 0) is 26.5 Å². The Morgan fingerprint density at radius 2 is 1.90 bits per heavy atom. The van der Waals surface area contributed by atoms with E-state index in [-0.39, 0.29) is 12.1 Å². The van der Waals surface area contributed by atoms with E-state index in [1.54, 1.807) is 7.11 Å². The van der Waals surface area contributed by atoms with Gasteiger partial charge in [-0.2, -0.15) is 0 Å². The normalized spacial score (nSPS) is 14.0. The van der Waals surface area contributed by atoms with Crippen LogP contribution in [-0.2, 0) is 4.74 Å². The molecule has 0 saturated carbocycles. The molecule has 0 aliphatic heterocycles. The maximum absolute atomic E-state index is 5.56. The molecule has 0 saturated heterocycles. The third-order valence-corrected chi connectivity index (χ3v) is 3.51. The molecule has 0 radical (unpaired) electrons. The molecule has 2 rings (SSSR count). The average molecular weight is 271 g/mol. The Morgan fingerprint density at radius 3 is 2.45 bits per heavy atom. The zero-order valence-corrected chi connectivity index (χ0v) is 12.4. The molecule has 0 aliphatic carbocycles. The molecule has 4 heteroatoms. The van der Waals surface area contributed by atoms with Crippen LogP contribution < -0.4 is 5.32 Å². The smallest absolute Gasteiger partial charge is 0.162 e. The van der Waals surface area contributed by atoms with Crippen LogP contribution in [0.15, 0.2) is 36.5 Å². The highest BCUT2D eigenvalue weighted by Crippen LogP contribution is 2.24. The highest BCUT2D eigenvalue weighted by atomic mass is 16.5. The van der Waals surface area contributed by atoms with Gasteiger partial charge in [-0.15, -0.1) is 0 Å². The number of nitrogens with one attached hydrogen (secondary N) is 1. The highest BCUT2D eigenvalue weighted by molar-refractivity contribution is 5.26. The van der Waals surface area contributed by atoms with E-state index >= 15 is 0 Å². The van der Waals surface area contributed by atoms with Crippen molar-refractivity contribution in [2.24, 2.45) is 0 Å². The highest BCUT2D eigenvalue weighted by Gasteiger charge is 2.18. The second-order valence-electron chi connectivity index (χ2n) is 4.81. The summed E-state index contributed by atoms with van der Waals surface area (Å²) in [4.78, 5) is 9.09. The SMILES string of the molecule is CNC(C)c1cnc(C(OC)c2ccccc2)nc1C. The first kappa shape index (κ1) is 14.6. The Balaban J connectivity index is 2.35. The van der Waals surface area contributed by atoms with Crippen LogP contribution in [0, 0.1) is 6.92 Å². The van der Waals surface area contributed by atoms with Crippen molar-refractivity contribution in [3.05, 3.63) is 59.2 Å². The first-order valence-electron chi connectivity index (χ1n) is 6.75. The van der Waals surface area contributed by atoms with Crippen LogP contribution in [0.3, 0.4) is 0 Å². The lowest BCUT2D eigenvalue weighted by Crippen LogP contribution is -2.17. The van der Waals surface area contributed by atoms with Gasteiger partial charge in [0.1, 0.15) is 6.10 Å². The molecular weight excluding hydrogens is 250 g/mol. The number of aryl methyl sites for hydroxylation is 1. The summed E-state index contributed by atoms with van der Waals surface area (Å²) in [6, 6.07) is 10.3. The summed E-state index contributed by atoms with van der Waals surface area (Å²) in [5, 5.41) is 3.21. The zero-order valence-electron chi connectivity index (χ0n) is 12.4. The average Bonchev–Trinajstić information content (AvgIpc) is 2.48. The largest absolute Gasteiger partial charge is 0.369 e. The van der Waals surface area contributed by atoms with Crippen LogP contribution in [0.5, 0.6) is 0 Å². The first-order chi connectivity index (χ1) is 9.67. The van der Waals surface area contributed by atoms with Gasteiger partial charge in [0.2, 0.25) is 0 Å². The maximum Gasteiger partial charge on any atom is 0.162 e. The van der Waals surface area contributed by atoms with Crippen molar-refractivity contribution in [2.45, 2.75) is 26.0 Å². The summed E-state index contributed by atoms with van der Waals surface area (Å²) in [6.45, 7) is 4.10. The predicted octanol–water partition coefficient (Wildman–Crippen LogP) is 2.80. The summed E-state index contributed by atoms with van der Waals surface area (Å²) in [5.74, 6) is 0.697. The third-order valence-electron chi connectivity index (χ3n) is 3.51. The number of hydrogen-bond acceptors (Lipinski definition) is 4. The standard InChI is InChI=1S/C16H21N3O/c1-11(17-3)14-10-18-16(19-12(14)2)15(20-4)13-8-6-5-7-9-13/h5-11,15,17H,1-4H3. The van der Waals surface area contributed by atoms with E-state index in [1.807, 2.05) is 50.5 Å². The van der Waals surface area contributed by atoms with Crippen LogP contribution in [0.2, 0.25) is 0 Å². The summed E-state index contributed by atoms with van der Waals surface area (Å²) in [6.07, 6.45) is 1.65. The van der Waals surface area contributed by atoms with Gasteiger partial charge >= 0.3 is 0 Å². The van der Waals surface area contributed by atoms with E-state index in [1.165, 1.54) is 0 Å². The summed E-state index contributed by atoms with van der Waals surface area (Å²) in [7, 11) is 3.61. The Labute approximate surface area is 120 Å². The van der Waals surface area contributed by atoms with Gasteiger partial charge in [-0.25, -0.2) is 9.97 Å². The second-order valence-corrected chi connectivity index (χ2v) is 4.81. The van der Waals surface area contributed by atoms with E-state index in [4.69, 9.17) is 4.74 Å². The van der Waals surface area contributed by atoms with E-state index < -0.39 is 0 Å². The van der Waals surface area contributed by atoms with Crippen molar-refractivity contribution in [1.29, 1.82) is 0 Å². The quantitative estimate of drug-likeness (QED) is 0.908. The summed E-state index contributed by atoms with van der Waals surface area (Å²) < 4.78 is 5.56. The molecule has 0 aliphatic rings. The summed E-state index contributed by atoms with van der Waals surface area (Å²) in [5.41, 5.74) is 3.15. The fourth-order valence-electron chi connectivity index (χ4n) is 2.22. The van der Waals surface area contributed by atoms with Crippen molar-refractivity contribution < 1.29 is 4.74 Å². The molecule has 2 unspecified atom stereocenters. The van der Waals surface area contributed by atoms with E-state index in [0.717, 1.165) is 16.8 Å². The van der Waals surface area contributed by atoms with Crippen molar-refractivity contribution in [1.82, 2.24) is 15.3 Å². The Morgan fingerprint density at radius 1 is 1.20 bits per heavy atom. The molecule has 2 aromatic rings. The molecule has 0 fully saturated rings. The van der Waals surface area contributed by atoms with Gasteiger partial charge in [-0.3, -0.25) is 0 Å². The number of nitrogens with zero attached hydrogens (tertiary/aromatic N) is 2. The minimum Gasteiger partial charge on any atom is -0.369 e. The van der Waals surface area contributed by atoms with Gasteiger partial charge in [0.25, 0.3) is 0 Å². The van der Waals surface area contributed by atoms with E-state index in [0.29, 0.717) is 5.82 Å².